The molecule has 0 spiro atoms. The molecule has 1 N–H and O–H groups in total. The first-order chi connectivity index (χ1) is 7.88. The molecule has 0 radical (unpaired) electrons. The van der Waals surface area contributed by atoms with E-state index in [1.807, 2.05) is 0 Å². The van der Waals surface area contributed by atoms with Crippen LogP contribution in [0.25, 0.3) is 0 Å². The number of hydrazine groups is 1. The number of hydrogen-bond donors (Lipinski definition) is 1. The average molecular weight is 222 g/mol. The first-order valence-electron chi connectivity index (χ1n) is 5.76. The van der Waals surface area contributed by atoms with Gasteiger partial charge in [-0.05, 0) is 12.8 Å². The zero-order valence-electron chi connectivity index (χ0n) is 9.65. The molecule has 1 fully saturated rings. The summed E-state index contributed by atoms with van der Waals surface area (Å²) in [5, 5.41) is 2.19. The van der Waals surface area contributed by atoms with E-state index in [0.717, 1.165) is 13.1 Å². The van der Waals surface area contributed by atoms with Crippen LogP contribution in [0, 0.1) is 0 Å². The van der Waals surface area contributed by atoms with Crippen molar-refractivity contribution in [3.8, 4) is 5.75 Å². The van der Waals surface area contributed by atoms with Crippen LogP contribution < -0.4 is 10.2 Å². The molecule has 0 aliphatic carbocycles. The van der Waals surface area contributed by atoms with Gasteiger partial charge in [-0.3, -0.25) is 5.43 Å². The minimum Gasteiger partial charge on any atom is -0.494 e. The molecule has 2 heterocycles. The van der Waals surface area contributed by atoms with Crippen LogP contribution in [-0.4, -0.2) is 35.2 Å². The number of ether oxygens (including phenoxy) is 1. The second kappa shape index (κ2) is 5.65. The summed E-state index contributed by atoms with van der Waals surface area (Å²) >= 11 is 0. The van der Waals surface area contributed by atoms with Gasteiger partial charge in [-0.1, -0.05) is 12.8 Å². The van der Waals surface area contributed by atoms with Crippen molar-refractivity contribution in [2.45, 2.75) is 25.7 Å². The molecular weight excluding hydrogens is 204 g/mol. The van der Waals surface area contributed by atoms with Crippen molar-refractivity contribution in [3.63, 3.8) is 0 Å². The van der Waals surface area contributed by atoms with Crippen LogP contribution >= 0.6 is 0 Å². The summed E-state index contributed by atoms with van der Waals surface area (Å²) in [6.07, 6.45) is 8.47. The third kappa shape index (κ3) is 3.06. The van der Waals surface area contributed by atoms with Crippen LogP contribution in [0.15, 0.2) is 12.4 Å². The average Bonchev–Trinajstić information content (AvgIpc) is 2.59. The van der Waals surface area contributed by atoms with Gasteiger partial charge in [0.15, 0.2) is 5.75 Å². The molecule has 1 aromatic heterocycles. The second-order valence-corrected chi connectivity index (χ2v) is 3.96. The lowest BCUT2D eigenvalue weighted by atomic mass is 10.2. The van der Waals surface area contributed by atoms with E-state index < -0.39 is 0 Å². The Hall–Kier alpha value is -1.36. The molecule has 1 aliphatic heterocycles. The van der Waals surface area contributed by atoms with E-state index in [1.54, 1.807) is 19.5 Å². The van der Waals surface area contributed by atoms with Crippen molar-refractivity contribution in [1.29, 1.82) is 0 Å². The molecule has 0 aromatic carbocycles. The maximum absolute atomic E-state index is 5.01. The molecule has 0 bridgehead atoms. The topological polar surface area (TPSA) is 50.3 Å². The van der Waals surface area contributed by atoms with Crippen molar-refractivity contribution in [1.82, 2.24) is 15.0 Å². The maximum atomic E-state index is 5.01. The number of nitrogens with zero attached hydrogens (tertiary/aromatic N) is 3. The lowest BCUT2D eigenvalue weighted by Crippen LogP contribution is -2.31. The zero-order valence-corrected chi connectivity index (χ0v) is 9.65. The van der Waals surface area contributed by atoms with Crippen molar-refractivity contribution in [3.05, 3.63) is 12.4 Å². The third-order valence-corrected chi connectivity index (χ3v) is 2.73. The molecule has 5 heteroatoms. The Morgan fingerprint density at radius 1 is 1.12 bits per heavy atom. The molecular formula is C11H18N4O. The van der Waals surface area contributed by atoms with Crippen molar-refractivity contribution < 1.29 is 4.74 Å². The summed E-state index contributed by atoms with van der Waals surface area (Å²) in [6, 6.07) is 0. The molecule has 88 valence electrons. The van der Waals surface area contributed by atoms with E-state index in [1.165, 1.54) is 25.7 Å². The fourth-order valence-corrected chi connectivity index (χ4v) is 1.80. The number of anilines is 1. The number of hydrogen-bond acceptors (Lipinski definition) is 5. The number of nitrogens with one attached hydrogen (secondary N) is 1. The first kappa shape index (κ1) is 11.1. The number of rotatable bonds is 3. The van der Waals surface area contributed by atoms with Crippen LogP contribution in [0.2, 0.25) is 0 Å². The normalized spacial score (nSPS) is 17.8. The first-order valence-corrected chi connectivity index (χ1v) is 5.76. The minimum absolute atomic E-state index is 0.641. The summed E-state index contributed by atoms with van der Waals surface area (Å²) in [6.45, 7) is 2.13. The second-order valence-electron chi connectivity index (χ2n) is 3.96. The zero-order chi connectivity index (χ0) is 11.2. The molecule has 16 heavy (non-hydrogen) atoms. The third-order valence-electron chi connectivity index (χ3n) is 2.73. The fourth-order valence-electron chi connectivity index (χ4n) is 1.80. The molecule has 1 aromatic rings. The Labute approximate surface area is 95.8 Å². The highest BCUT2D eigenvalue weighted by atomic mass is 16.5. The van der Waals surface area contributed by atoms with Crippen LogP contribution in [-0.2, 0) is 0 Å². The predicted octanol–water partition coefficient (Wildman–Crippen LogP) is 1.69. The molecule has 0 atom stereocenters. The SMILES string of the molecule is COc1cnc(NN2CCCCCC2)nc1. The Bertz CT molecular complexity index is 306. The highest BCUT2D eigenvalue weighted by molar-refractivity contribution is 5.25. The van der Waals surface area contributed by atoms with Crippen molar-refractivity contribution in [2.75, 3.05) is 25.6 Å². The highest BCUT2D eigenvalue weighted by Gasteiger charge is 2.09. The number of aromatic nitrogens is 2. The van der Waals surface area contributed by atoms with Gasteiger partial charge in [0.1, 0.15) is 0 Å². The van der Waals surface area contributed by atoms with E-state index in [4.69, 9.17) is 4.74 Å². The van der Waals surface area contributed by atoms with Gasteiger partial charge in [-0.2, -0.15) is 0 Å². The Kier molecular flexibility index (Phi) is 3.93. The molecule has 0 unspecified atom stereocenters. The smallest absolute Gasteiger partial charge is 0.237 e. The van der Waals surface area contributed by atoms with Gasteiger partial charge in [0.05, 0.1) is 19.5 Å². The van der Waals surface area contributed by atoms with Gasteiger partial charge < -0.3 is 4.74 Å². The predicted molar refractivity (Wildman–Crippen MR) is 62.2 cm³/mol. The Morgan fingerprint density at radius 3 is 2.31 bits per heavy atom. The van der Waals surface area contributed by atoms with E-state index in [9.17, 15) is 0 Å². The lowest BCUT2D eigenvalue weighted by Gasteiger charge is -2.20. The monoisotopic (exact) mass is 222 g/mol. The quantitative estimate of drug-likeness (QED) is 0.843. The fraction of sp³-hybridized carbons (Fsp3) is 0.636. The standard InChI is InChI=1S/C11H18N4O/c1-16-10-8-12-11(13-9-10)14-15-6-4-2-3-5-7-15/h8-9H,2-7H2,1H3,(H,12,13,14). The number of methoxy groups -OCH3 is 1. The van der Waals surface area contributed by atoms with Gasteiger partial charge in [-0.15, -0.1) is 0 Å². The maximum Gasteiger partial charge on any atom is 0.237 e. The van der Waals surface area contributed by atoms with E-state index in [0.29, 0.717) is 11.7 Å². The molecule has 0 amide bonds. The Balaban J connectivity index is 1.91. The summed E-state index contributed by atoms with van der Waals surface area (Å²) in [5.41, 5.74) is 3.23. The minimum atomic E-state index is 0.641. The van der Waals surface area contributed by atoms with Crippen molar-refractivity contribution >= 4 is 5.95 Å². The van der Waals surface area contributed by atoms with Gasteiger partial charge in [0.25, 0.3) is 0 Å². The molecule has 1 aliphatic rings. The van der Waals surface area contributed by atoms with E-state index in [-0.39, 0.29) is 0 Å². The van der Waals surface area contributed by atoms with Crippen LogP contribution in [0.1, 0.15) is 25.7 Å². The molecule has 2 rings (SSSR count). The van der Waals surface area contributed by atoms with Crippen molar-refractivity contribution in [2.24, 2.45) is 0 Å². The van der Waals surface area contributed by atoms with E-state index in [2.05, 4.69) is 20.4 Å². The molecule has 0 saturated carbocycles. The lowest BCUT2D eigenvalue weighted by molar-refractivity contribution is 0.340. The van der Waals surface area contributed by atoms with Gasteiger partial charge >= 0.3 is 0 Å². The summed E-state index contributed by atoms with van der Waals surface area (Å²) in [4.78, 5) is 8.37. The summed E-state index contributed by atoms with van der Waals surface area (Å²) < 4.78 is 5.01. The largest absolute Gasteiger partial charge is 0.494 e. The highest BCUT2D eigenvalue weighted by Crippen LogP contribution is 2.12. The van der Waals surface area contributed by atoms with Gasteiger partial charge in [-0.25, -0.2) is 15.0 Å². The Morgan fingerprint density at radius 2 is 1.75 bits per heavy atom. The summed E-state index contributed by atoms with van der Waals surface area (Å²) in [7, 11) is 1.61. The van der Waals surface area contributed by atoms with Crippen LogP contribution in [0.4, 0.5) is 5.95 Å². The molecule has 1 saturated heterocycles. The van der Waals surface area contributed by atoms with Gasteiger partial charge in [0.2, 0.25) is 5.95 Å². The molecule has 5 nitrogen and oxygen atoms in total. The van der Waals surface area contributed by atoms with E-state index >= 15 is 0 Å². The summed E-state index contributed by atoms with van der Waals surface area (Å²) in [5.74, 6) is 1.32. The van der Waals surface area contributed by atoms with Gasteiger partial charge in [0, 0.05) is 13.1 Å². The van der Waals surface area contributed by atoms with Crippen LogP contribution in [0.5, 0.6) is 5.75 Å². The van der Waals surface area contributed by atoms with Crippen LogP contribution in [0.3, 0.4) is 0 Å².